The molecule has 0 radical (unpaired) electrons. The summed E-state index contributed by atoms with van der Waals surface area (Å²) >= 11 is 0. The number of hydrogen-bond donors (Lipinski definition) is 0. The van der Waals surface area contributed by atoms with E-state index in [9.17, 15) is 0 Å². The molecule has 0 saturated heterocycles. The Morgan fingerprint density at radius 3 is 2.33 bits per heavy atom. The monoisotopic (exact) mass is 305 g/mol. The first kappa shape index (κ1) is 14.9. The lowest BCUT2D eigenvalue weighted by Gasteiger charge is -2.12. The molecule has 0 unspecified atom stereocenters. The van der Waals surface area contributed by atoms with Crippen LogP contribution < -0.4 is 0 Å². The number of halogens is 1. The molecule has 2 rings (SSSR count). The fourth-order valence-electron chi connectivity index (χ4n) is 2.13. The summed E-state index contributed by atoms with van der Waals surface area (Å²) in [5.41, 5.74) is 4.09. The molecule has 1 nitrogen and oxygen atoms in total. The highest BCUT2D eigenvalue weighted by Crippen LogP contribution is 2.20. The lowest BCUT2D eigenvalue weighted by Crippen LogP contribution is -1.99. The van der Waals surface area contributed by atoms with Gasteiger partial charge >= 0.3 is 0 Å². The third kappa shape index (κ3) is 3.95. The molecule has 0 saturated carbocycles. The van der Waals surface area contributed by atoms with E-state index in [0.717, 1.165) is 12.8 Å². The van der Waals surface area contributed by atoms with E-state index in [1.54, 1.807) is 0 Å². The van der Waals surface area contributed by atoms with E-state index >= 15 is 0 Å². The van der Waals surface area contributed by atoms with Gasteiger partial charge in [-0.2, -0.15) is 0 Å². The number of benzene rings is 1. The van der Waals surface area contributed by atoms with Crippen molar-refractivity contribution in [2.45, 2.75) is 32.6 Å². The fraction of sp³-hybridized carbons (Fsp3) is 0.312. The Balaban J connectivity index is 0.00000162. The van der Waals surface area contributed by atoms with Crippen LogP contribution in [0.5, 0.6) is 0 Å². The van der Waals surface area contributed by atoms with Gasteiger partial charge in [0.25, 0.3) is 0 Å². The van der Waals surface area contributed by atoms with Gasteiger partial charge in [-0.05, 0) is 42.0 Å². The van der Waals surface area contributed by atoms with Gasteiger partial charge in [-0.3, -0.25) is 4.98 Å². The molecule has 0 N–H and O–H groups in total. The third-order valence-corrected chi connectivity index (χ3v) is 3.05. The lowest BCUT2D eigenvalue weighted by atomic mass is 9.94. The molecular formula is C16H20BrN. The molecule has 0 amide bonds. The van der Waals surface area contributed by atoms with Crippen LogP contribution in [-0.4, -0.2) is 4.98 Å². The van der Waals surface area contributed by atoms with E-state index in [1.807, 2.05) is 12.3 Å². The minimum absolute atomic E-state index is 0. The Labute approximate surface area is 120 Å². The quantitative estimate of drug-likeness (QED) is 0.806. The van der Waals surface area contributed by atoms with Crippen molar-refractivity contribution in [3.8, 4) is 0 Å². The van der Waals surface area contributed by atoms with Crippen LogP contribution in [0.1, 0.15) is 36.6 Å². The van der Waals surface area contributed by atoms with E-state index in [4.69, 9.17) is 0 Å². The van der Waals surface area contributed by atoms with Crippen molar-refractivity contribution in [1.29, 1.82) is 0 Å². The average Bonchev–Trinajstić information content (AvgIpc) is 2.38. The highest BCUT2D eigenvalue weighted by atomic mass is 79.9. The van der Waals surface area contributed by atoms with Gasteiger partial charge in [-0.15, -0.1) is 17.0 Å². The number of aromatic nitrogens is 1. The van der Waals surface area contributed by atoms with Crippen molar-refractivity contribution in [3.05, 3.63) is 65.5 Å². The predicted octanol–water partition coefficient (Wildman–Crippen LogP) is 4.57. The number of nitrogens with zero attached hydrogens (tertiary/aromatic N) is 1. The normalized spacial score (nSPS) is 10.2. The number of aryl methyl sites for hydroxylation is 2. The van der Waals surface area contributed by atoms with Crippen LogP contribution in [0, 0.1) is 0 Å². The van der Waals surface area contributed by atoms with Crippen LogP contribution in [0.3, 0.4) is 0 Å². The van der Waals surface area contributed by atoms with Gasteiger partial charge in [0.15, 0.2) is 0 Å². The van der Waals surface area contributed by atoms with Crippen molar-refractivity contribution < 1.29 is 0 Å². The van der Waals surface area contributed by atoms with Crippen molar-refractivity contribution in [1.82, 2.24) is 4.98 Å². The number of hydrogen-bond acceptors (Lipinski definition) is 1. The summed E-state index contributed by atoms with van der Waals surface area (Å²) in [7, 11) is 0. The van der Waals surface area contributed by atoms with Gasteiger partial charge < -0.3 is 0 Å². The molecule has 0 aliphatic rings. The molecule has 18 heavy (non-hydrogen) atoms. The Bertz CT molecular complexity index is 466. The van der Waals surface area contributed by atoms with Crippen LogP contribution in [-0.2, 0) is 12.8 Å². The van der Waals surface area contributed by atoms with E-state index in [2.05, 4.69) is 55.2 Å². The first-order valence-electron chi connectivity index (χ1n) is 6.25. The predicted molar refractivity (Wildman–Crippen MR) is 82.5 cm³/mol. The van der Waals surface area contributed by atoms with E-state index < -0.39 is 0 Å². The second-order valence-corrected chi connectivity index (χ2v) is 4.67. The van der Waals surface area contributed by atoms with Crippen molar-refractivity contribution >= 4 is 17.0 Å². The molecule has 0 bridgehead atoms. The maximum absolute atomic E-state index is 4.37. The highest BCUT2D eigenvalue weighted by molar-refractivity contribution is 8.93. The van der Waals surface area contributed by atoms with Crippen molar-refractivity contribution in [2.24, 2.45) is 0 Å². The Morgan fingerprint density at radius 1 is 0.944 bits per heavy atom. The fourth-order valence-corrected chi connectivity index (χ4v) is 2.13. The first-order valence-corrected chi connectivity index (χ1v) is 6.25. The van der Waals surface area contributed by atoms with Crippen LogP contribution in [0.2, 0.25) is 0 Å². The molecule has 0 fully saturated rings. The molecule has 0 atom stereocenters. The maximum atomic E-state index is 4.37. The van der Waals surface area contributed by atoms with Gasteiger partial charge in [0.1, 0.15) is 0 Å². The third-order valence-electron chi connectivity index (χ3n) is 3.05. The number of rotatable bonds is 4. The molecule has 1 aromatic heterocycles. The smallest absolute Gasteiger partial charge is 0.0406 e. The van der Waals surface area contributed by atoms with E-state index in [-0.39, 0.29) is 17.0 Å². The molecular weight excluding hydrogens is 286 g/mol. The molecule has 0 aliphatic heterocycles. The standard InChI is InChI=1S/C16H19N.BrH/c1-13(2)16-9-4-3-7-14(16)10-11-15-8-5-6-12-17-15;/h3-9,12-13H,10-11H2,1-2H3;1H. The molecule has 1 aromatic carbocycles. The van der Waals surface area contributed by atoms with Gasteiger partial charge in [0, 0.05) is 11.9 Å². The number of pyridine rings is 1. The Kier molecular flexibility index (Phi) is 6.06. The minimum Gasteiger partial charge on any atom is -0.261 e. The summed E-state index contributed by atoms with van der Waals surface area (Å²) in [5.74, 6) is 0.593. The molecule has 96 valence electrons. The lowest BCUT2D eigenvalue weighted by molar-refractivity contribution is 0.822. The van der Waals surface area contributed by atoms with Gasteiger partial charge in [0.05, 0.1) is 0 Å². The van der Waals surface area contributed by atoms with E-state index in [0.29, 0.717) is 5.92 Å². The van der Waals surface area contributed by atoms with Crippen LogP contribution in [0.25, 0.3) is 0 Å². The Hall–Kier alpha value is -1.15. The van der Waals surface area contributed by atoms with Crippen molar-refractivity contribution in [2.75, 3.05) is 0 Å². The second-order valence-electron chi connectivity index (χ2n) is 4.67. The van der Waals surface area contributed by atoms with Crippen LogP contribution in [0.4, 0.5) is 0 Å². The highest BCUT2D eigenvalue weighted by Gasteiger charge is 2.05. The summed E-state index contributed by atoms with van der Waals surface area (Å²) < 4.78 is 0. The maximum Gasteiger partial charge on any atom is 0.0406 e. The topological polar surface area (TPSA) is 12.9 Å². The summed E-state index contributed by atoms with van der Waals surface area (Å²) in [6.45, 7) is 4.50. The molecule has 2 heteroatoms. The van der Waals surface area contributed by atoms with Crippen LogP contribution >= 0.6 is 17.0 Å². The van der Waals surface area contributed by atoms with Crippen molar-refractivity contribution in [3.63, 3.8) is 0 Å². The Morgan fingerprint density at radius 2 is 1.67 bits per heavy atom. The van der Waals surface area contributed by atoms with Crippen LogP contribution in [0.15, 0.2) is 48.7 Å². The van der Waals surface area contributed by atoms with Gasteiger partial charge in [0.2, 0.25) is 0 Å². The minimum atomic E-state index is 0. The average molecular weight is 306 g/mol. The molecule has 0 aliphatic carbocycles. The van der Waals surface area contributed by atoms with Gasteiger partial charge in [-0.1, -0.05) is 44.2 Å². The summed E-state index contributed by atoms with van der Waals surface area (Å²) in [5, 5.41) is 0. The second kappa shape index (κ2) is 7.32. The summed E-state index contributed by atoms with van der Waals surface area (Å²) in [4.78, 5) is 4.37. The molecule has 2 aromatic rings. The largest absolute Gasteiger partial charge is 0.261 e. The van der Waals surface area contributed by atoms with Gasteiger partial charge in [-0.25, -0.2) is 0 Å². The van der Waals surface area contributed by atoms with E-state index in [1.165, 1.54) is 16.8 Å². The SMILES string of the molecule is Br.CC(C)c1ccccc1CCc1ccccn1. The zero-order chi connectivity index (χ0) is 12.1. The zero-order valence-electron chi connectivity index (χ0n) is 11.0. The first-order chi connectivity index (χ1) is 8.27. The zero-order valence-corrected chi connectivity index (χ0v) is 12.7. The summed E-state index contributed by atoms with van der Waals surface area (Å²) in [6.07, 6.45) is 3.96. The molecule has 0 spiro atoms. The summed E-state index contributed by atoms with van der Waals surface area (Å²) in [6, 6.07) is 14.8. The molecule has 1 heterocycles.